The van der Waals surface area contributed by atoms with Gasteiger partial charge >= 0.3 is 6.18 Å². The fraction of sp³-hybridized carbons (Fsp3) is 0.625. The van der Waals surface area contributed by atoms with Gasteiger partial charge in [0.1, 0.15) is 5.76 Å². The molecule has 1 N–H and O–H groups in total. The number of aryl methyl sites for hydroxylation is 1. The summed E-state index contributed by atoms with van der Waals surface area (Å²) in [5.41, 5.74) is 0. The average molecular weight is 208 g/mol. The number of nitrogens with one attached hydrogen (secondary N) is 1. The predicted octanol–water partition coefficient (Wildman–Crippen LogP) is 1.89. The van der Waals surface area contributed by atoms with Crippen LogP contribution in [0.25, 0.3) is 0 Å². The lowest BCUT2D eigenvalue weighted by molar-refractivity contribution is -0.125. The van der Waals surface area contributed by atoms with Gasteiger partial charge in [-0.05, 0) is 0 Å². The quantitative estimate of drug-likeness (QED) is 0.821. The molecule has 0 radical (unpaired) electrons. The van der Waals surface area contributed by atoms with Gasteiger partial charge in [-0.25, -0.2) is 4.98 Å². The van der Waals surface area contributed by atoms with E-state index in [0.717, 1.165) is 0 Å². The van der Waals surface area contributed by atoms with Gasteiger partial charge in [-0.2, -0.15) is 13.2 Å². The van der Waals surface area contributed by atoms with Gasteiger partial charge in [-0.15, -0.1) is 0 Å². The smallest absolute Gasteiger partial charge is 0.401 e. The van der Waals surface area contributed by atoms with Crippen LogP contribution in [0.15, 0.2) is 10.6 Å². The zero-order valence-corrected chi connectivity index (χ0v) is 7.69. The van der Waals surface area contributed by atoms with E-state index in [-0.39, 0.29) is 12.4 Å². The first-order chi connectivity index (χ1) is 6.51. The lowest BCUT2D eigenvalue weighted by atomic mass is 10.4. The molecule has 0 unspecified atom stereocenters. The minimum atomic E-state index is -4.19. The van der Waals surface area contributed by atoms with Crippen LogP contribution in [-0.4, -0.2) is 17.7 Å². The largest absolute Gasteiger partial charge is 0.444 e. The molecule has 0 fully saturated rings. The van der Waals surface area contributed by atoms with Crippen molar-refractivity contribution in [2.75, 3.05) is 6.54 Å². The number of alkyl halides is 3. The molecule has 0 aliphatic carbocycles. The summed E-state index contributed by atoms with van der Waals surface area (Å²) in [6, 6.07) is 0. The number of rotatable bonds is 4. The minimum Gasteiger partial charge on any atom is -0.444 e. The summed E-state index contributed by atoms with van der Waals surface area (Å²) >= 11 is 0. The molecular weight excluding hydrogens is 197 g/mol. The Morgan fingerprint density at radius 1 is 1.50 bits per heavy atom. The van der Waals surface area contributed by atoms with Crippen LogP contribution in [0.3, 0.4) is 0 Å². The van der Waals surface area contributed by atoms with Gasteiger partial charge < -0.3 is 9.73 Å². The highest BCUT2D eigenvalue weighted by Crippen LogP contribution is 2.12. The van der Waals surface area contributed by atoms with Crippen molar-refractivity contribution in [3.63, 3.8) is 0 Å². The Bertz CT molecular complexity index is 282. The molecule has 0 aliphatic rings. The molecule has 0 spiro atoms. The monoisotopic (exact) mass is 208 g/mol. The second-order valence-corrected chi connectivity index (χ2v) is 2.79. The highest BCUT2D eigenvalue weighted by molar-refractivity contribution is 4.93. The van der Waals surface area contributed by atoms with Crippen molar-refractivity contribution in [2.45, 2.75) is 26.1 Å². The van der Waals surface area contributed by atoms with E-state index >= 15 is 0 Å². The van der Waals surface area contributed by atoms with Crippen LogP contribution in [0, 0.1) is 0 Å². The van der Waals surface area contributed by atoms with Gasteiger partial charge in [-0.1, -0.05) is 6.92 Å². The Labute approximate surface area is 79.3 Å². The maximum Gasteiger partial charge on any atom is 0.401 e. The lowest BCUT2D eigenvalue weighted by Gasteiger charge is -2.05. The topological polar surface area (TPSA) is 38.1 Å². The second-order valence-electron chi connectivity index (χ2n) is 2.79. The Balaban J connectivity index is 2.31. The Hall–Kier alpha value is -1.04. The van der Waals surface area contributed by atoms with E-state index in [4.69, 9.17) is 4.42 Å². The third kappa shape index (κ3) is 3.78. The van der Waals surface area contributed by atoms with Gasteiger partial charge in [0.05, 0.1) is 19.3 Å². The highest BCUT2D eigenvalue weighted by Gasteiger charge is 2.26. The fourth-order valence-corrected chi connectivity index (χ4v) is 0.904. The summed E-state index contributed by atoms with van der Waals surface area (Å²) in [7, 11) is 0. The number of hydrogen-bond donors (Lipinski definition) is 1. The normalized spacial score (nSPS) is 12.0. The summed E-state index contributed by atoms with van der Waals surface area (Å²) in [5.74, 6) is 0.958. The molecule has 0 aliphatic heterocycles. The predicted molar refractivity (Wildman–Crippen MR) is 43.6 cm³/mol. The average Bonchev–Trinajstić information content (AvgIpc) is 2.50. The van der Waals surface area contributed by atoms with Gasteiger partial charge in [0.25, 0.3) is 0 Å². The van der Waals surface area contributed by atoms with Crippen LogP contribution in [0.5, 0.6) is 0 Å². The van der Waals surface area contributed by atoms with E-state index in [1.54, 1.807) is 0 Å². The van der Waals surface area contributed by atoms with E-state index in [0.29, 0.717) is 12.2 Å². The second kappa shape index (κ2) is 4.45. The Morgan fingerprint density at radius 2 is 2.21 bits per heavy atom. The summed E-state index contributed by atoms with van der Waals surface area (Å²) in [4.78, 5) is 3.81. The van der Waals surface area contributed by atoms with E-state index in [1.165, 1.54) is 6.20 Å². The Morgan fingerprint density at radius 3 is 2.71 bits per heavy atom. The molecule has 80 valence electrons. The molecule has 0 aromatic carbocycles. The van der Waals surface area contributed by atoms with Crippen molar-refractivity contribution in [3.05, 3.63) is 17.8 Å². The first-order valence-corrected chi connectivity index (χ1v) is 4.22. The molecule has 1 aromatic heterocycles. The van der Waals surface area contributed by atoms with Crippen LogP contribution < -0.4 is 5.32 Å². The van der Waals surface area contributed by atoms with Crippen LogP contribution in [-0.2, 0) is 13.0 Å². The van der Waals surface area contributed by atoms with E-state index in [1.807, 2.05) is 6.92 Å². The summed E-state index contributed by atoms with van der Waals surface area (Å²) in [6.45, 7) is 0.851. The molecule has 3 nitrogen and oxygen atoms in total. The van der Waals surface area contributed by atoms with Gasteiger partial charge in [-0.3, -0.25) is 0 Å². The van der Waals surface area contributed by atoms with Crippen molar-refractivity contribution in [2.24, 2.45) is 0 Å². The Kier molecular flexibility index (Phi) is 3.51. The minimum absolute atomic E-state index is 0.000486. The molecular formula is C8H11F3N2O. The van der Waals surface area contributed by atoms with Crippen molar-refractivity contribution in [1.29, 1.82) is 0 Å². The number of aromatic nitrogens is 1. The summed E-state index contributed by atoms with van der Waals surface area (Å²) < 4.78 is 40.3. The van der Waals surface area contributed by atoms with Gasteiger partial charge in [0.2, 0.25) is 5.89 Å². The maximum absolute atomic E-state index is 11.7. The van der Waals surface area contributed by atoms with Gasteiger partial charge in [0.15, 0.2) is 0 Å². The third-order valence-corrected chi connectivity index (χ3v) is 1.55. The highest BCUT2D eigenvalue weighted by atomic mass is 19.4. The summed E-state index contributed by atoms with van der Waals surface area (Å²) in [5, 5.41) is 2.20. The molecule has 1 heterocycles. The molecule has 0 amide bonds. The van der Waals surface area contributed by atoms with Crippen molar-refractivity contribution >= 4 is 0 Å². The molecule has 0 bridgehead atoms. The maximum atomic E-state index is 11.7. The van der Waals surface area contributed by atoms with Crippen LogP contribution in [0.2, 0.25) is 0 Å². The molecule has 0 saturated heterocycles. The number of halogens is 3. The number of hydrogen-bond acceptors (Lipinski definition) is 3. The SMILES string of the molecule is CCc1cnc(CNCC(F)(F)F)o1. The molecule has 0 atom stereocenters. The molecule has 6 heteroatoms. The molecule has 0 saturated carbocycles. The standard InChI is InChI=1S/C8H11F3N2O/c1-2-6-3-13-7(14-6)4-12-5-8(9,10)11/h3,12H,2,4-5H2,1H3. The molecule has 1 rings (SSSR count). The van der Waals surface area contributed by atoms with Crippen LogP contribution in [0.4, 0.5) is 13.2 Å². The zero-order valence-electron chi connectivity index (χ0n) is 7.69. The van der Waals surface area contributed by atoms with Crippen molar-refractivity contribution < 1.29 is 17.6 Å². The van der Waals surface area contributed by atoms with Crippen molar-refractivity contribution in [1.82, 2.24) is 10.3 Å². The molecule has 14 heavy (non-hydrogen) atoms. The number of nitrogens with zero attached hydrogens (tertiary/aromatic N) is 1. The van der Waals surface area contributed by atoms with Crippen LogP contribution >= 0.6 is 0 Å². The zero-order chi connectivity index (χ0) is 10.6. The first-order valence-electron chi connectivity index (χ1n) is 4.22. The first kappa shape index (κ1) is 11.0. The summed E-state index contributed by atoms with van der Waals surface area (Å²) in [6.07, 6.45) is -1.99. The lowest BCUT2D eigenvalue weighted by Crippen LogP contribution is -2.28. The van der Waals surface area contributed by atoms with Gasteiger partial charge in [0, 0.05) is 6.42 Å². The van der Waals surface area contributed by atoms with E-state index in [2.05, 4.69) is 10.3 Å². The van der Waals surface area contributed by atoms with E-state index in [9.17, 15) is 13.2 Å². The van der Waals surface area contributed by atoms with E-state index < -0.39 is 12.7 Å². The third-order valence-electron chi connectivity index (χ3n) is 1.55. The number of oxazole rings is 1. The molecule has 1 aromatic rings. The van der Waals surface area contributed by atoms with Crippen LogP contribution in [0.1, 0.15) is 18.6 Å². The fourth-order valence-electron chi connectivity index (χ4n) is 0.904. The van der Waals surface area contributed by atoms with Crippen molar-refractivity contribution in [3.8, 4) is 0 Å².